The van der Waals surface area contributed by atoms with Crippen molar-refractivity contribution in [3.63, 3.8) is 0 Å². The highest BCUT2D eigenvalue weighted by atomic mass is 32.2. The van der Waals surface area contributed by atoms with Crippen LogP contribution in [0.15, 0.2) is 0 Å². The van der Waals surface area contributed by atoms with Crippen molar-refractivity contribution >= 4 is 11.8 Å². The minimum Gasteiger partial charge on any atom is -0.311 e. The molecule has 2 heteroatoms. The zero-order chi connectivity index (χ0) is 12.3. The van der Waals surface area contributed by atoms with E-state index in [2.05, 4.69) is 37.2 Å². The molecule has 1 nitrogen and oxygen atoms in total. The van der Waals surface area contributed by atoms with E-state index in [0.29, 0.717) is 0 Å². The first kappa shape index (κ1) is 13.7. The molecule has 0 aliphatic heterocycles. The lowest BCUT2D eigenvalue weighted by atomic mass is 9.78. The van der Waals surface area contributed by atoms with Crippen LogP contribution in [0.25, 0.3) is 0 Å². The normalized spacial score (nSPS) is 43.6. The second-order valence-electron chi connectivity index (χ2n) is 6.34. The van der Waals surface area contributed by atoms with Gasteiger partial charge >= 0.3 is 0 Å². The Morgan fingerprint density at radius 1 is 0.824 bits per heavy atom. The van der Waals surface area contributed by atoms with Crippen LogP contribution in [0.3, 0.4) is 0 Å². The predicted molar refractivity (Wildman–Crippen MR) is 78.7 cm³/mol. The number of thioether (sulfide) groups is 1. The predicted octanol–water partition coefficient (Wildman–Crippen LogP) is 4.07. The van der Waals surface area contributed by atoms with Crippen molar-refractivity contribution in [1.29, 1.82) is 0 Å². The van der Waals surface area contributed by atoms with Crippen LogP contribution in [0.2, 0.25) is 0 Å². The maximum atomic E-state index is 3.94. The van der Waals surface area contributed by atoms with Gasteiger partial charge in [-0.2, -0.15) is 11.8 Å². The molecule has 1 N–H and O–H groups in total. The van der Waals surface area contributed by atoms with Crippen LogP contribution in [0.1, 0.15) is 58.8 Å². The number of hydrogen-bond acceptors (Lipinski definition) is 2. The lowest BCUT2D eigenvalue weighted by Gasteiger charge is -2.37. The maximum Gasteiger partial charge on any atom is 0.00723 e. The smallest absolute Gasteiger partial charge is 0.00723 e. The zero-order valence-electron chi connectivity index (χ0n) is 11.7. The molecule has 2 fully saturated rings. The van der Waals surface area contributed by atoms with Gasteiger partial charge in [0.1, 0.15) is 0 Å². The van der Waals surface area contributed by atoms with Gasteiger partial charge in [-0.1, -0.05) is 13.8 Å². The minimum absolute atomic E-state index is 0.817. The summed E-state index contributed by atoms with van der Waals surface area (Å²) in [4.78, 5) is 0. The van der Waals surface area contributed by atoms with E-state index in [1.807, 2.05) is 0 Å². The Bertz CT molecular complexity index is 223. The Balaban J connectivity index is 1.71. The molecule has 100 valence electrons. The molecule has 0 radical (unpaired) electrons. The average Bonchev–Trinajstić information content (AvgIpc) is 2.35. The third-order valence-electron chi connectivity index (χ3n) is 5.08. The monoisotopic (exact) mass is 255 g/mol. The molecular weight excluding hydrogens is 226 g/mol. The van der Waals surface area contributed by atoms with Gasteiger partial charge in [-0.05, 0) is 63.0 Å². The van der Waals surface area contributed by atoms with Gasteiger partial charge in [0.05, 0.1) is 0 Å². The molecule has 3 unspecified atom stereocenters. The van der Waals surface area contributed by atoms with Crippen molar-refractivity contribution in [3.05, 3.63) is 0 Å². The third-order valence-corrected chi connectivity index (χ3v) is 6.22. The van der Waals surface area contributed by atoms with Crippen LogP contribution in [-0.2, 0) is 0 Å². The molecule has 0 saturated heterocycles. The van der Waals surface area contributed by atoms with E-state index in [0.717, 1.165) is 29.2 Å². The van der Waals surface area contributed by atoms with Crippen LogP contribution >= 0.6 is 11.8 Å². The summed E-state index contributed by atoms with van der Waals surface area (Å²) in [5, 5.41) is 4.89. The Hall–Kier alpha value is 0.310. The molecule has 0 aromatic rings. The molecule has 0 amide bonds. The van der Waals surface area contributed by atoms with Crippen LogP contribution < -0.4 is 5.32 Å². The van der Waals surface area contributed by atoms with Gasteiger partial charge in [-0.25, -0.2) is 0 Å². The summed E-state index contributed by atoms with van der Waals surface area (Å²) >= 11 is 2.07. The maximum absolute atomic E-state index is 3.94. The van der Waals surface area contributed by atoms with Crippen molar-refractivity contribution in [2.45, 2.75) is 76.1 Å². The van der Waals surface area contributed by atoms with Gasteiger partial charge in [0.2, 0.25) is 0 Å². The zero-order valence-corrected chi connectivity index (χ0v) is 12.6. The average molecular weight is 255 g/mol. The van der Waals surface area contributed by atoms with Gasteiger partial charge in [-0.3, -0.25) is 0 Å². The van der Waals surface area contributed by atoms with Gasteiger partial charge in [0, 0.05) is 17.3 Å². The third kappa shape index (κ3) is 3.89. The van der Waals surface area contributed by atoms with Gasteiger partial charge in [0.25, 0.3) is 0 Å². The fourth-order valence-corrected chi connectivity index (χ4v) is 4.24. The summed E-state index contributed by atoms with van der Waals surface area (Å²) in [6.45, 7) is 4.85. The summed E-state index contributed by atoms with van der Waals surface area (Å²) in [6.07, 6.45) is 12.2. The van der Waals surface area contributed by atoms with Crippen LogP contribution in [-0.4, -0.2) is 23.6 Å². The van der Waals surface area contributed by atoms with E-state index in [1.54, 1.807) is 0 Å². The molecule has 3 atom stereocenters. The van der Waals surface area contributed by atoms with E-state index < -0.39 is 0 Å². The van der Waals surface area contributed by atoms with Crippen molar-refractivity contribution < 1.29 is 0 Å². The van der Waals surface area contributed by atoms with Crippen molar-refractivity contribution in [2.75, 3.05) is 6.26 Å². The molecule has 0 aromatic heterocycles. The SMILES string of the molecule is CSC1CCC(NC2CCC(C)C(C)C2)CC1. The minimum atomic E-state index is 0.817. The van der Waals surface area contributed by atoms with E-state index in [9.17, 15) is 0 Å². The molecule has 0 heterocycles. The lowest BCUT2D eigenvalue weighted by molar-refractivity contribution is 0.204. The molecule has 17 heavy (non-hydrogen) atoms. The quantitative estimate of drug-likeness (QED) is 0.815. The van der Waals surface area contributed by atoms with Gasteiger partial charge < -0.3 is 5.32 Å². The van der Waals surface area contributed by atoms with E-state index in [-0.39, 0.29) is 0 Å². The van der Waals surface area contributed by atoms with E-state index >= 15 is 0 Å². The van der Waals surface area contributed by atoms with E-state index in [1.165, 1.54) is 44.9 Å². The highest BCUT2D eigenvalue weighted by Gasteiger charge is 2.27. The Kier molecular flexibility index (Phi) is 5.23. The molecule has 0 spiro atoms. The fraction of sp³-hybridized carbons (Fsp3) is 1.00. The van der Waals surface area contributed by atoms with Crippen LogP contribution in [0.5, 0.6) is 0 Å². The number of hydrogen-bond donors (Lipinski definition) is 1. The van der Waals surface area contributed by atoms with Crippen LogP contribution in [0.4, 0.5) is 0 Å². The van der Waals surface area contributed by atoms with Crippen molar-refractivity contribution in [1.82, 2.24) is 5.32 Å². The summed E-state index contributed by atoms with van der Waals surface area (Å²) in [5.74, 6) is 1.86. The molecular formula is C15H29NS. The molecule has 2 saturated carbocycles. The van der Waals surface area contributed by atoms with Crippen LogP contribution in [0, 0.1) is 11.8 Å². The fourth-order valence-electron chi connectivity index (χ4n) is 3.50. The van der Waals surface area contributed by atoms with E-state index in [4.69, 9.17) is 0 Å². The highest BCUT2D eigenvalue weighted by molar-refractivity contribution is 7.99. The van der Waals surface area contributed by atoms with Crippen molar-refractivity contribution in [2.24, 2.45) is 11.8 Å². The second-order valence-corrected chi connectivity index (χ2v) is 7.48. The summed E-state index contributed by atoms with van der Waals surface area (Å²) in [5.41, 5.74) is 0. The molecule has 2 aliphatic carbocycles. The Morgan fingerprint density at radius 3 is 2.06 bits per heavy atom. The Morgan fingerprint density at radius 2 is 1.47 bits per heavy atom. The highest BCUT2D eigenvalue weighted by Crippen LogP contribution is 2.31. The first-order chi connectivity index (χ1) is 8.19. The standard InChI is InChI=1S/C15H29NS/c1-11-4-5-14(10-12(11)2)16-13-6-8-15(17-3)9-7-13/h11-16H,4-10H2,1-3H3. The first-order valence-electron chi connectivity index (χ1n) is 7.48. The Labute approximate surface area is 112 Å². The molecule has 0 bridgehead atoms. The largest absolute Gasteiger partial charge is 0.311 e. The summed E-state index contributed by atoms with van der Waals surface area (Å²) in [7, 11) is 0. The summed E-state index contributed by atoms with van der Waals surface area (Å²) in [6, 6.07) is 1.64. The topological polar surface area (TPSA) is 12.0 Å². The van der Waals surface area contributed by atoms with Crippen molar-refractivity contribution in [3.8, 4) is 0 Å². The van der Waals surface area contributed by atoms with Gasteiger partial charge in [-0.15, -0.1) is 0 Å². The number of nitrogens with one attached hydrogen (secondary N) is 1. The molecule has 2 rings (SSSR count). The van der Waals surface area contributed by atoms with Gasteiger partial charge in [0.15, 0.2) is 0 Å². The number of rotatable bonds is 3. The second kappa shape index (κ2) is 6.47. The summed E-state index contributed by atoms with van der Waals surface area (Å²) < 4.78 is 0. The molecule has 2 aliphatic rings. The molecule has 0 aromatic carbocycles. The first-order valence-corrected chi connectivity index (χ1v) is 8.76. The lowest BCUT2D eigenvalue weighted by Crippen LogP contribution is -2.44.